The van der Waals surface area contributed by atoms with Gasteiger partial charge in [0.25, 0.3) is 0 Å². The van der Waals surface area contributed by atoms with E-state index in [0.29, 0.717) is 0 Å². The maximum atomic E-state index is 2.39. The van der Waals surface area contributed by atoms with Crippen LogP contribution in [0, 0.1) is 0 Å². The van der Waals surface area contributed by atoms with Gasteiger partial charge in [0, 0.05) is 0 Å². The molecule has 0 aliphatic heterocycles. The normalized spacial score (nSPS) is 16.7. The Kier molecular flexibility index (Phi) is 5.97. The quantitative estimate of drug-likeness (QED) is 0.602. The molecule has 1 heterocycles. The predicted molar refractivity (Wildman–Crippen MR) is 81.5 cm³/mol. The minimum atomic E-state index is 0.862. The molecule has 0 N–H and O–H groups in total. The SMILES string of the molecule is CCCCCCc1cccbc1C1CCCCC1. The summed E-state index contributed by atoms with van der Waals surface area (Å²) in [4.78, 5) is 0. The van der Waals surface area contributed by atoms with E-state index in [1.807, 2.05) is 0 Å². The van der Waals surface area contributed by atoms with Crippen molar-refractivity contribution in [2.24, 2.45) is 0 Å². The zero-order chi connectivity index (χ0) is 12.6. The monoisotopic (exact) mass is 242 g/mol. The molecular weight excluding hydrogens is 215 g/mol. The Bertz CT molecular complexity index is 339. The van der Waals surface area contributed by atoms with E-state index >= 15 is 0 Å². The van der Waals surface area contributed by atoms with Gasteiger partial charge in [0.15, 0.2) is 0 Å². The molecule has 2 rings (SSSR count). The zero-order valence-corrected chi connectivity index (χ0v) is 12.0. The Labute approximate surface area is 113 Å². The first-order valence-electron chi connectivity index (χ1n) is 7.99. The van der Waals surface area contributed by atoms with Crippen molar-refractivity contribution in [3.63, 3.8) is 0 Å². The van der Waals surface area contributed by atoms with Crippen LogP contribution in [0.2, 0.25) is 0 Å². The molecule has 1 aliphatic rings. The van der Waals surface area contributed by atoms with Gasteiger partial charge in [0.1, 0.15) is 0 Å². The summed E-state index contributed by atoms with van der Waals surface area (Å²) >= 11 is 0. The van der Waals surface area contributed by atoms with Crippen molar-refractivity contribution in [2.45, 2.75) is 77.0 Å². The van der Waals surface area contributed by atoms with Crippen molar-refractivity contribution >= 4 is 6.91 Å². The van der Waals surface area contributed by atoms with Gasteiger partial charge >= 0.3 is 113 Å². The Morgan fingerprint density at radius 3 is 2.72 bits per heavy atom. The van der Waals surface area contributed by atoms with Gasteiger partial charge in [-0.15, -0.1) is 0 Å². The van der Waals surface area contributed by atoms with Crippen LogP contribution in [0.3, 0.4) is 0 Å². The molecule has 0 nitrogen and oxygen atoms in total. The van der Waals surface area contributed by atoms with Crippen molar-refractivity contribution in [1.29, 1.82) is 0 Å². The van der Waals surface area contributed by atoms with Gasteiger partial charge in [-0.1, -0.05) is 0 Å². The van der Waals surface area contributed by atoms with Crippen molar-refractivity contribution in [1.82, 2.24) is 0 Å². The number of unbranched alkanes of at least 4 members (excludes halogenated alkanes) is 3. The third-order valence-electron chi connectivity index (χ3n) is 4.40. The molecule has 0 radical (unpaired) electrons. The van der Waals surface area contributed by atoms with E-state index in [4.69, 9.17) is 0 Å². The number of aryl methyl sites for hydroxylation is 1. The van der Waals surface area contributed by atoms with Crippen molar-refractivity contribution < 1.29 is 0 Å². The van der Waals surface area contributed by atoms with E-state index in [1.165, 1.54) is 64.2 Å². The first kappa shape index (κ1) is 13.8. The van der Waals surface area contributed by atoms with Gasteiger partial charge in [0.2, 0.25) is 0 Å². The Morgan fingerprint density at radius 1 is 1.11 bits per heavy atom. The fraction of sp³-hybridized carbons (Fsp3) is 0.706. The van der Waals surface area contributed by atoms with Crippen LogP contribution in [0.15, 0.2) is 18.1 Å². The van der Waals surface area contributed by atoms with E-state index in [9.17, 15) is 0 Å². The molecule has 0 spiro atoms. The molecule has 1 fully saturated rings. The number of hydrogen-bond acceptors (Lipinski definition) is 0. The average Bonchev–Trinajstić information content (AvgIpc) is 2.45. The molecule has 0 unspecified atom stereocenters. The van der Waals surface area contributed by atoms with E-state index in [1.54, 1.807) is 11.0 Å². The summed E-state index contributed by atoms with van der Waals surface area (Å²) < 4.78 is 0. The average molecular weight is 242 g/mol. The van der Waals surface area contributed by atoms with Crippen LogP contribution in [0.1, 0.15) is 81.7 Å². The molecule has 0 amide bonds. The molecule has 1 heteroatoms. The Hall–Kier alpha value is -0.585. The van der Waals surface area contributed by atoms with E-state index in [-0.39, 0.29) is 0 Å². The summed E-state index contributed by atoms with van der Waals surface area (Å²) in [5.74, 6) is 3.10. The van der Waals surface area contributed by atoms with E-state index < -0.39 is 0 Å². The van der Waals surface area contributed by atoms with Gasteiger partial charge in [-0.2, -0.15) is 0 Å². The van der Waals surface area contributed by atoms with Gasteiger partial charge < -0.3 is 0 Å². The summed E-state index contributed by atoms with van der Waals surface area (Å²) in [6.45, 7) is 4.68. The van der Waals surface area contributed by atoms with Crippen LogP contribution in [0.4, 0.5) is 0 Å². The Morgan fingerprint density at radius 2 is 1.94 bits per heavy atom. The second-order valence-corrected chi connectivity index (χ2v) is 5.84. The molecule has 98 valence electrons. The molecular formula is C17H27B. The second-order valence-electron chi connectivity index (χ2n) is 5.84. The molecule has 0 saturated heterocycles. The second kappa shape index (κ2) is 7.76. The van der Waals surface area contributed by atoms with E-state index in [2.05, 4.69) is 31.9 Å². The first-order chi connectivity index (χ1) is 8.92. The third kappa shape index (κ3) is 3.97. The maximum absolute atomic E-state index is 2.39. The number of rotatable bonds is 6. The molecule has 0 aromatic carbocycles. The fourth-order valence-electron chi connectivity index (χ4n) is 3.32. The van der Waals surface area contributed by atoms with Gasteiger partial charge in [-0.3, -0.25) is 0 Å². The molecule has 1 saturated carbocycles. The third-order valence-corrected chi connectivity index (χ3v) is 4.40. The van der Waals surface area contributed by atoms with Crippen molar-refractivity contribution in [3.8, 4) is 0 Å². The van der Waals surface area contributed by atoms with Crippen LogP contribution in [0.25, 0.3) is 0 Å². The van der Waals surface area contributed by atoms with Gasteiger partial charge in [-0.05, 0) is 0 Å². The summed E-state index contributed by atoms with van der Waals surface area (Å²) in [5, 5.41) is 0. The fourth-order valence-corrected chi connectivity index (χ4v) is 3.32. The first-order valence-corrected chi connectivity index (χ1v) is 7.99. The zero-order valence-electron chi connectivity index (χ0n) is 12.0. The summed E-state index contributed by atoms with van der Waals surface area (Å²) in [6, 6.07) is 4.59. The van der Waals surface area contributed by atoms with Crippen LogP contribution in [-0.4, -0.2) is 6.91 Å². The molecule has 1 aromatic heterocycles. The Balaban J connectivity index is 1.96. The van der Waals surface area contributed by atoms with Gasteiger partial charge in [-0.25, -0.2) is 0 Å². The minimum absolute atomic E-state index is 0.862. The van der Waals surface area contributed by atoms with Crippen molar-refractivity contribution in [3.05, 3.63) is 29.1 Å². The predicted octanol–water partition coefficient (Wildman–Crippen LogP) is 5.20. The van der Waals surface area contributed by atoms with Crippen LogP contribution >= 0.6 is 0 Å². The van der Waals surface area contributed by atoms with Gasteiger partial charge in [0.05, 0.1) is 0 Å². The summed E-state index contributed by atoms with van der Waals surface area (Å²) in [7, 11) is 0. The standard InChI is InChI=1S/C17H27B/c1-2-3-4-6-10-16-13-9-14-18-17(16)15-11-7-5-8-12-15/h9,13-15H,2-8,10-12H2,1H3. The summed E-state index contributed by atoms with van der Waals surface area (Å²) in [6.07, 6.45) is 14.0. The molecule has 0 bridgehead atoms. The topological polar surface area (TPSA) is 0 Å². The van der Waals surface area contributed by atoms with Crippen LogP contribution < -0.4 is 0 Å². The molecule has 0 atom stereocenters. The summed E-state index contributed by atoms with van der Waals surface area (Å²) in [5.41, 5.74) is 3.31. The number of hydrogen-bond donors (Lipinski definition) is 0. The van der Waals surface area contributed by atoms with Crippen molar-refractivity contribution in [2.75, 3.05) is 0 Å². The van der Waals surface area contributed by atoms with Crippen LogP contribution in [-0.2, 0) is 6.42 Å². The molecule has 1 aromatic rings. The molecule has 1 aliphatic carbocycles. The van der Waals surface area contributed by atoms with E-state index in [0.717, 1.165) is 5.92 Å². The van der Waals surface area contributed by atoms with Crippen LogP contribution in [0.5, 0.6) is 0 Å². The molecule has 18 heavy (non-hydrogen) atoms.